The van der Waals surface area contributed by atoms with Crippen molar-refractivity contribution in [3.8, 4) is 33.8 Å². The predicted octanol–water partition coefficient (Wildman–Crippen LogP) is 15.2. The first-order chi connectivity index (χ1) is 30.1. The second kappa shape index (κ2) is 13.6. The molecule has 1 heterocycles. The largest absolute Gasteiger partial charge is 0.453 e. The molecule has 0 atom stereocenters. The van der Waals surface area contributed by atoms with Crippen molar-refractivity contribution in [2.75, 3.05) is 21.7 Å². The number of rotatable bonds is 6. The molecule has 4 nitrogen and oxygen atoms in total. The number of anilines is 8. The van der Waals surface area contributed by atoms with Crippen molar-refractivity contribution < 1.29 is 4.74 Å². The molecule has 0 aromatic heterocycles. The summed E-state index contributed by atoms with van der Waals surface area (Å²) in [6.45, 7) is 2.21. The Balaban J connectivity index is 1.04. The maximum Gasteiger partial charge on any atom is 0.153 e. The van der Waals surface area contributed by atoms with Gasteiger partial charge in [0.15, 0.2) is 11.5 Å². The zero-order chi connectivity index (χ0) is 40.7. The zero-order valence-electron chi connectivity index (χ0n) is 34.0. The summed E-state index contributed by atoms with van der Waals surface area (Å²) in [5.74, 6) is 1.58. The number of aryl methyl sites for hydroxylation is 1. The number of nitrogens with zero attached hydrogens (tertiary/aromatic N) is 3. The van der Waals surface area contributed by atoms with Gasteiger partial charge in [0.2, 0.25) is 0 Å². The van der Waals surface area contributed by atoms with Gasteiger partial charge in [-0.25, -0.2) is 0 Å². The Hall–Kier alpha value is -7.82. The highest BCUT2D eigenvalue weighted by Crippen LogP contribution is 2.63. The summed E-state index contributed by atoms with van der Waals surface area (Å²) in [7, 11) is 2.10. The van der Waals surface area contributed by atoms with E-state index < -0.39 is 5.41 Å². The molecule has 12 rings (SSSR count). The lowest BCUT2D eigenvalue weighted by atomic mass is 9.70. The van der Waals surface area contributed by atoms with Crippen molar-refractivity contribution in [3.05, 3.63) is 240 Å². The summed E-state index contributed by atoms with van der Waals surface area (Å²) in [6.07, 6.45) is 0. The van der Waals surface area contributed by atoms with Crippen molar-refractivity contribution in [1.29, 1.82) is 0 Å². The Labute approximate surface area is 356 Å². The molecule has 0 radical (unpaired) electrons. The molecule has 9 aromatic rings. The van der Waals surface area contributed by atoms with E-state index in [-0.39, 0.29) is 0 Å². The van der Waals surface area contributed by atoms with Crippen molar-refractivity contribution in [2.45, 2.75) is 12.3 Å². The predicted molar refractivity (Wildman–Crippen MR) is 251 cm³/mol. The van der Waals surface area contributed by atoms with Crippen LogP contribution < -0.4 is 19.4 Å². The summed E-state index contributed by atoms with van der Waals surface area (Å²) in [4.78, 5) is 6.88. The van der Waals surface area contributed by atoms with Gasteiger partial charge in [0.05, 0.1) is 16.8 Å². The molecular weight excluding hydrogens is 743 g/mol. The van der Waals surface area contributed by atoms with Gasteiger partial charge in [-0.3, -0.25) is 0 Å². The van der Waals surface area contributed by atoms with Crippen LogP contribution in [0.1, 0.15) is 27.8 Å². The first-order valence-electron chi connectivity index (χ1n) is 21.0. The standard InChI is InChI=1S/C57H41N3O/c1-38-26-30-47-48-31-27-43(35-52(48)57(51(47)34-38)49-24-14-12-22-45(49)46-23-13-15-25-50(46)57)59(40-18-8-4-9-19-40)44-29-33-54-56(37-44)61-55-36-42(58(2)39-16-6-3-7-17-39)28-32-53(55)60(54)41-20-10-5-11-21-41/h3-37H,1-2H3. The molecule has 1 spiro atoms. The van der Waals surface area contributed by atoms with Crippen LogP contribution in [0, 0.1) is 6.92 Å². The van der Waals surface area contributed by atoms with Crippen LogP contribution in [0.5, 0.6) is 11.5 Å². The van der Waals surface area contributed by atoms with Crippen molar-refractivity contribution in [3.63, 3.8) is 0 Å². The van der Waals surface area contributed by atoms with Gasteiger partial charge in [-0.15, -0.1) is 0 Å². The number of ether oxygens (including phenoxy) is 1. The molecule has 61 heavy (non-hydrogen) atoms. The number of hydrogen-bond acceptors (Lipinski definition) is 4. The lowest BCUT2D eigenvalue weighted by molar-refractivity contribution is 0.477. The maximum absolute atomic E-state index is 7.01. The van der Waals surface area contributed by atoms with E-state index in [1.54, 1.807) is 0 Å². The molecule has 0 N–H and O–H groups in total. The minimum atomic E-state index is -0.453. The van der Waals surface area contributed by atoms with Gasteiger partial charge >= 0.3 is 0 Å². The lowest BCUT2D eigenvalue weighted by Crippen LogP contribution is -2.26. The van der Waals surface area contributed by atoms with Crippen LogP contribution >= 0.6 is 0 Å². The fourth-order valence-corrected chi connectivity index (χ4v) is 10.2. The Bertz CT molecular complexity index is 3110. The summed E-state index contributed by atoms with van der Waals surface area (Å²) in [5, 5.41) is 0. The molecule has 1 aliphatic heterocycles. The van der Waals surface area contributed by atoms with E-state index in [1.807, 2.05) is 6.07 Å². The van der Waals surface area contributed by atoms with E-state index in [4.69, 9.17) is 4.74 Å². The van der Waals surface area contributed by atoms with Crippen molar-refractivity contribution in [1.82, 2.24) is 0 Å². The third-order valence-electron chi connectivity index (χ3n) is 12.9. The summed E-state index contributed by atoms with van der Waals surface area (Å²) >= 11 is 0. The highest BCUT2D eigenvalue weighted by molar-refractivity contribution is 5.97. The lowest BCUT2D eigenvalue weighted by Gasteiger charge is -2.35. The van der Waals surface area contributed by atoms with E-state index in [1.165, 1.54) is 50.1 Å². The van der Waals surface area contributed by atoms with Crippen LogP contribution in [0.4, 0.5) is 45.5 Å². The number of hydrogen-bond donors (Lipinski definition) is 0. The highest BCUT2D eigenvalue weighted by atomic mass is 16.5. The minimum absolute atomic E-state index is 0.453. The monoisotopic (exact) mass is 783 g/mol. The molecule has 0 amide bonds. The highest BCUT2D eigenvalue weighted by Gasteiger charge is 2.51. The topological polar surface area (TPSA) is 19.0 Å². The van der Waals surface area contributed by atoms with Gasteiger partial charge < -0.3 is 19.4 Å². The van der Waals surface area contributed by atoms with Crippen LogP contribution in [-0.2, 0) is 5.41 Å². The van der Waals surface area contributed by atoms with Gasteiger partial charge in [0.1, 0.15) is 0 Å². The Morgan fingerprint density at radius 3 is 1.52 bits per heavy atom. The van der Waals surface area contributed by atoms with E-state index in [9.17, 15) is 0 Å². The van der Waals surface area contributed by atoms with E-state index in [0.29, 0.717) is 0 Å². The first-order valence-corrected chi connectivity index (χ1v) is 21.0. The SMILES string of the molecule is Cc1ccc2c(c1)C1(c3ccccc3-c3ccccc31)c1cc(N(c3ccccc3)c3ccc4c(c3)Oc3cc(N(C)c5ccccc5)ccc3N4c3ccccc3)ccc1-2. The van der Waals surface area contributed by atoms with Gasteiger partial charge in [-0.1, -0.05) is 133 Å². The quantitative estimate of drug-likeness (QED) is 0.167. The minimum Gasteiger partial charge on any atom is -0.453 e. The molecule has 9 aromatic carbocycles. The summed E-state index contributed by atoms with van der Waals surface area (Å²) in [5.41, 5.74) is 19.7. The number of para-hydroxylation sites is 3. The van der Waals surface area contributed by atoms with Crippen molar-refractivity contribution >= 4 is 45.5 Å². The second-order valence-electron chi connectivity index (χ2n) is 16.3. The summed E-state index contributed by atoms with van der Waals surface area (Å²) < 4.78 is 7.01. The smallest absolute Gasteiger partial charge is 0.153 e. The van der Waals surface area contributed by atoms with Crippen LogP contribution in [0.15, 0.2) is 212 Å². The molecule has 0 saturated carbocycles. The average Bonchev–Trinajstić information content (AvgIpc) is 3.78. The molecule has 2 aliphatic carbocycles. The van der Waals surface area contributed by atoms with E-state index in [2.05, 4.69) is 235 Å². The molecule has 290 valence electrons. The first kappa shape index (κ1) is 35.2. The number of benzene rings is 9. The van der Waals surface area contributed by atoms with Crippen LogP contribution in [-0.4, -0.2) is 7.05 Å². The molecular formula is C57H41N3O. The summed E-state index contributed by atoms with van der Waals surface area (Å²) in [6, 6.07) is 77.0. The van der Waals surface area contributed by atoms with Crippen LogP contribution in [0.2, 0.25) is 0 Å². The van der Waals surface area contributed by atoms with Crippen LogP contribution in [0.25, 0.3) is 22.3 Å². The third-order valence-corrected chi connectivity index (χ3v) is 12.9. The Morgan fingerprint density at radius 1 is 0.393 bits per heavy atom. The zero-order valence-corrected chi connectivity index (χ0v) is 34.0. The fraction of sp³-hybridized carbons (Fsp3) is 0.0526. The molecule has 0 unspecified atom stereocenters. The van der Waals surface area contributed by atoms with Gasteiger partial charge in [-0.05, 0) is 124 Å². The van der Waals surface area contributed by atoms with Crippen LogP contribution in [0.3, 0.4) is 0 Å². The maximum atomic E-state index is 7.01. The Kier molecular flexibility index (Phi) is 7.85. The van der Waals surface area contributed by atoms with Gasteiger partial charge in [0.25, 0.3) is 0 Å². The fourth-order valence-electron chi connectivity index (χ4n) is 10.2. The normalized spacial score (nSPS) is 13.3. The molecule has 0 saturated heterocycles. The molecule has 4 heteroatoms. The Morgan fingerprint density at radius 2 is 0.869 bits per heavy atom. The van der Waals surface area contributed by atoms with Gasteiger partial charge in [0, 0.05) is 53.3 Å². The molecule has 3 aliphatic rings. The molecule has 0 bridgehead atoms. The average molecular weight is 784 g/mol. The third kappa shape index (κ3) is 5.25. The van der Waals surface area contributed by atoms with E-state index >= 15 is 0 Å². The van der Waals surface area contributed by atoms with E-state index in [0.717, 1.165) is 57.0 Å². The second-order valence-corrected chi connectivity index (χ2v) is 16.3. The molecule has 0 fully saturated rings. The van der Waals surface area contributed by atoms with Crippen molar-refractivity contribution in [2.24, 2.45) is 0 Å². The van der Waals surface area contributed by atoms with Gasteiger partial charge in [-0.2, -0.15) is 0 Å². The number of fused-ring (bicyclic) bond motifs is 12.